The third-order valence-electron chi connectivity index (χ3n) is 1.72. The van der Waals surface area contributed by atoms with Crippen LogP contribution in [0.15, 0.2) is 22.8 Å². The van der Waals surface area contributed by atoms with Crippen molar-refractivity contribution in [2.24, 2.45) is 0 Å². The molecule has 5 heteroatoms. The van der Waals surface area contributed by atoms with Crippen molar-refractivity contribution in [3.05, 3.63) is 23.4 Å². The summed E-state index contributed by atoms with van der Waals surface area (Å²) in [6.07, 6.45) is 3.46. The Hall–Kier alpha value is -0.870. The first kappa shape index (κ1) is 9.68. The first-order valence-corrected chi connectivity index (χ1v) is 5.67. The van der Waals surface area contributed by atoms with Gasteiger partial charge in [0, 0.05) is 12.3 Å². The molecule has 3 nitrogen and oxygen atoms in total. The Bertz CT molecular complexity index is 385. The van der Waals surface area contributed by atoms with Gasteiger partial charge in [-0.05, 0) is 18.6 Å². The SMILES string of the molecule is ClCCCc1nnc(-c2ccco2)s1. The van der Waals surface area contributed by atoms with Gasteiger partial charge >= 0.3 is 0 Å². The summed E-state index contributed by atoms with van der Waals surface area (Å²) in [6, 6.07) is 3.72. The summed E-state index contributed by atoms with van der Waals surface area (Å²) in [5.74, 6) is 1.44. The number of aryl methyl sites for hydroxylation is 1. The van der Waals surface area contributed by atoms with Crippen molar-refractivity contribution in [1.82, 2.24) is 10.2 Å². The molecule has 0 aliphatic heterocycles. The lowest BCUT2D eigenvalue weighted by molar-refractivity contribution is 0.581. The van der Waals surface area contributed by atoms with Crippen LogP contribution >= 0.6 is 22.9 Å². The Kier molecular flexibility index (Phi) is 3.16. The second-order valence-corrected chi connectivity index (χ2v) is 4.21. The zero-order chi connectivity index (χ0) is 9.80. The van der Waals surface area contributed by atoms with Crippen molar-refractivity contribution in [3.63, 3.8) is 0 Å². The van der Waals surface area contributed by atoms with Crippen LogP contribution < -0.4 is 0 Å². The first-order chi connectivity index (χ1) is 6.90. The monoisotopic (exact) mass is 228 g/mol. The van der Waals surface area contributed by atoms with Crippen LogP contribution in [0.3, 0.4) is 0 Å². The number of hydrogen-bond acceptors (Lipinski definition) is 4. The molecule has 0 amide bonds. The lowest BCUT2D eigenvalue weighted by atomic mass is 10.4. The van der Waals surface area contributed by atoms with E-state index in [1.807, 2.05) is 12.1 Å². The minimum Gasteiger partial charge on any atom is -0.462 e. The van der Waals surface area contributed by atoms with Crippen LogP contribution in [-0.4, -0.2) is 16.1 Å². The summed E-state index contributed by atoms with van der Waals surface area (Å²) in [5.41, 5.74) is 0. The Labute approximate surface area is 90.7 Å². The van der Waals surface area contributed by atoms with Crippen LogP contribution in [-0.2, 0) is 6.42 Å². The largest absolute Gasteiger partial charge is 0.462 e. The number of furan rings is 1. The lowest BCUT2D eigenvalue weighted by Crippen LogP contribution is -1.84. The van der Waals surface area contributed by atoms with Gasteiger partial charge in [-0.25, -0.2) is 0 Å². The van der Waals surface area contributed by atoms with Crippen LogP contribution in [0.2, 0.25) is 0 Å². The maximum Gasteiger partial charge on any atom is 0.183 e. The zero-order valence-corrected chi connectivity index (χ0v) is 9.01. The molecular weight excluding hydrogens is 220 g/mol. The van der Waals surface area contributed by atoms with Crippen molar-refractivity contribution in [2.75, 3.05) is 5.88 Å². The summed E-state index contributed by atoms with van der Waals surface area (Å²) in [5, 5.41) is 9.95. The molecule has 0 spiro atoms. The molecule has 0 saturated carbocycles. The van der Waals surface area contributed by atoms with Gasteiger partial charge in [-0.1, -0.05) is 11.3 Å². The third-order valence-corrected chi connectivity index (χ3v) is 2.99. The lowest BCUT2D eigenvalue weighted by Gasteiger charge is -1.87. The minimum atomic E-state index is 0.662. The summed E-state index contributed by atoms with van der Waals surface area (Å²) < 4.78 is 5.22. The molecule has 0 radical (unpaired) electrons. The van der Waals surface area contributed by atoms with Crippen LogP contribution in [0, 0.1) is 0 Å². The van der Waals surface area contributed by atoms with Crippen LogP contribution in [0.4, 0.5) is 0 Å². The highest BCUT2D eigenvalue weighted by Gasteiger charge is 2.07. The van der Waals surface area contributed by atoms with Gasteiger partial charge in [-0.3, -0.25) is 0 Å². The predicted molar refractivity (Wildman–Crippen MR) is 56.7 cm³/mol. The third kappa shape index (κ3) is 2.13. The summed E-state index contributed by atoms with van der Waals surface area (Å²) in [6.45, 7) is 0. The van der Waals surface area contributed by atoms with Crippen LogP contribution in [0.1, 0.15) is 11.4 Å². The van der Waals surface area contributed by atoms with E-state index in [9.17, 15) is 0 Å². The number of hydrogen-bond donors (Lipinski definition) is 0. The Balaban J connectivity index is 2.10. The molecule has 0 saturated heterocycles. The number of alkyl halides is 1. The van der Waals surface area contributed by atoms with Gasteiger partial charge < -0.3 is 4.42 Å². The molecule has 0 aromatic carbocycles. The molecule has 74 valence electrons. The Morgan fingerprint density at radius 2 is 2.36 bits per heavy atom. The van der Waals surface area contributed by atoms with Crippen molar-refractivity contribution < 1.29 is 4.42 Å². The van der Waals surface area contributed by atoms with Gasteiger partial charge in [-0.15, -0.1) is 21.8 Å². The molecule has 2 aromatic heterocycles. The van der Waals surface area contributed by atoms with E-state index in [4.69, 9.17) is 16.0 Å². The number of aromatic nitrogens is 2. The van der Waals surface area contributed by atoms with E-state index in [1.165, 1.54) is 0 Å². The second kappa shape index (κ2) is 4.57. The zero-order valence-electron chi connectivity index (χ0n) is 7.44. The highest BCUT2D eigenvalue weighted by molar-refractivity contribution is 7.14. The van der Waals surface area contributed by atoms with E-state index < -0.39 is 0 Å². The average molecular weight is 229 g/mol. The smallest absolute Gasteiger partial charge is 0.183 e. The van der Waals surface area contributed by atoms with Crippen molar-refractivity contribution in [2.45, 2.75) is 12.8 Å². The molecule has 0 aliphatic rings. The summed E-state index contributed by atoms with van der Waals surface area (Å²) in [7, 11) is 0. The molecule has 0 N–H and O–H groups in total. The topological polar surface area (TPSA) is 38.9 Å². The Morgan fingerprint density at radius 3 is 3.07 bits per heavy atom. The highest BCUT2D eigenvalue weighted by atomic mass is 35.5. The summed E-state index contributed by atoms with van der Waals surface area (Å²) >= 11 is 7.15. The molecule has 0 bridgehead atoms. The van der Waals surface area contributed by atoms with Crippen molar-refractivity contribution >= 4 is 22.9 Å². The first-order valence-electron chi connectivity index (χ1n) is 4.32. The standard InChI is InChI=1S/C9H9ClN2OS/c10-5-1-4-8-11-12-9(14-8)7-3-2-6-13-7/h2-3,6H,1,4-5H2. The maximum atomic E-state index is 5.60. The average Bonchev–Trinajstić information content (AvgIpc) is 2.85. The van der Waals surface area contributed by atoms with E-state index in [0.29, 0.717) is 5.88 Å². The second-order valence-electron chi connectivity index (χ2n) is 2.77. The van der Waals surface area contributed by atoms with E-state index >= 15 is 0 Å². The fraction of sp³-hybridized carbons (Fsp3) is 0.333. The van der Waals surface area contributed by atoms with Gasteiger partial charge in [0.15, 0.2) is 10.8 Å². The van der Waals surface area contributed by atoms with Gasteiger partial charge in [0.05, 0.1) is 6.26 Å². The molecule has 0 aliphatic carbocycles. The molecule has 2 aromatic rings. The fourth-order valence-electron chi connectivity index (χ4n) is 1.07. The van der Waals surface area contributed by atoms with Gasteiger partial charge in [-0.2, -0.15) is 0 Å². The van der Waals surface area contributed by atoms with Gasteiger partial charge in [0.25, 0.3) is 0 Å². The van der Waals surface area contributed by atoms with E-state index in [0.717, 1.165) is 28.6 Å². The molecule has 2 heterocycles. The number of nitrogens with zero attached hydrogens (tertiary/aromatic N) is 2. The predicted octanol–water partition coefficient (Wildman–Crippen LogP) is 2.97. The van der Waals surface area contributed by atoms with Crippen LogP contribution in [0.25, 0.3) is 10.8 Å². The van der Waals surface area contributed by atoms with Crippen molar-refractivity contribution in [3.8, 4) is 10.8 Å². The molecule has 0 atom stereocenters. The molecule has 14 heavy (non-hydrogen) atoms. The maximum absolute atomic E-state index is 5.60. The molecular formula is C9H9ClN2OS. The number of rotatable bonds is 4. The Morgan fingerprint density at radius 1 is 1.43 bits per heavy atom. The van der Waals surface area contributed by atoms with Gasteiger partial charge in [0.2, 0.25) is 0 Å². The van der Waals surface area contributed by atoms with Crippen molar-refractivity contribution in [1.29, 1.82) is 0 Å². The normalized spacial score (nSPS) is 10.6. The molecule has 2 rings (SSSR count). The van der Waals surface area contributed by atoms with E-state index in [1.54, 1.807) is 17.6 Å². The molecule has 0 fully saturated rings. The number of halogens is 1. The highest BCUT2D eigenvalue weighted by Crippen LogP contribution is 2.24. The minimum absolute atomic E-state index is 0.662. The molecule has 0 unspecified atom stereocenters. The van der Waals surface area contributed by atoms with E-state index in [-0.39, 0.29) is 0 Å². The quantitative estimate of drug-likeness (QED) is 0.756. The van der Waals surface area contributed by atoms with E-state index in [2.05, 4.69) is 10.2 Å². The summed E-state index contributed by atoms with van der Waals surface area (Å²) in [4.78, 5) is 0. The van der Waals surface area contributed by atoms with Gasteiger partial charge in [0.1, 0.15) is 5.01 Å². The van der Waals surface area contributed by atoms with Crippen LogP contribution in [0.5, 0.6) is 0 Å². The fourth-order valence-corrected chi connectivity index (χ4v) is 2.06.